The van der Waals surface area contributed by atoms with Gasteiger partial charge in [0.2, 0.25) is 0 Å². The fraction of sp³-hybridized carbons (Fsp3) is 0.167. The van der Waals surface area contributed by atoms with E-state index in [-0.39, 0.29) is 42.5 Å². The zero-order valence-electron chi connectivity index (χ0n) is 13.6. The molecule has 8 nitrogen and oxygen atoms in total. The van der Waals surface area contributed by atoms with Crippen LogP contribution in [0.2, 0.25) is 0 Å². The zero-order valence-corrected chi connectivity index (χ0v) is 13.6. The van der Waals surface area contributed by atoms with Crippen LogP contribution in [0.5, 0.6) is 11.5 Å². The van der Waals surface area contributed by atoms with E-state index in [2.05, 4.69) is 5.32 Å². The molecule has 1 amide bonds. The first-order chi connectivity index (χ1) is 12.4. The molecule has 0 aliphatic carbocycles. The largest absolute Gasteiger partial charge is 0.507 e. The number of aromatic hydroxyl groups is 1. The molecule has 0 aliphatic heterocycles. The summed E-state index contributed by atoms with van der Waals surface area (Å²) >= 11 is 0. The Kier molecular flexibility index (Phi) is 6.15. The number of nitrogens with one attached hydrogen (secondary N) is 1. The third-order valence-corrected chi connectivity index (χ3v) is 3.44. The van der Waals surface area contributed by atoms with Crippen molar-refractivity contribution in [1.29, 1.82) is 0 Å². The predicted octanol–water partition coefficient (Wildman–Crippen LogP) is 1.87. The van der Waals surface area contributed by atoms with E-state index in [1.807, 2.05) is 0 Å². The Morgan fingerprint density at radius 3 is 2.31 bits per heavy atom. The van der Waals surface area contributed by atoms with Gasteiger partial charge in [0, 0.05) is 12.1 Å². The monoisotopic (exact) mass is 359 g/mol. The van der Waals surface area contributed by atoms with Crippen molar-refractivity contribution in [2.45, 2.75) is 13.0 Å². The highest BCUT2D eigenvalue weighted by atomic mass is 16.5. The number of carbonyl (C=O) groups is 3. The highest BCUT2D eigenvalue weighted by Crippen LogP contribution is 2.23. The molecule has 8 heteroatoms. The molecule has 0 heterocycles. The number of carbonyl (C=O) groups excluding carboxylic acids is 1. The summed E-state index contributed by atoms with van der Waals surface area (Å²) in [6.45, 7) is 0.191. The van der Waals surface area contributed by atoms with E-state index in [0.717, 1.165) is 5.56 Å². The molecule has 0 radical (unpaired) electrons. The standard InChI is InChI=1S/C18H17NO7/c20-15-6-5-13(9-14(15)18(24)25)26-10-11-1-3-12(4-2-11)17(23)19-8-7-16(21)22/h1-6,9,20H,7-8,10H2,(H,19,23)(H,21,22)(H,24,25). The molecule has 4 N–H and O–H groups in total. The van der Waals surface area contributed by atoms with E-state index in [9.17, 15) is 19.5 Å². The van der Waals surface area contributed by atoms with Gasteiger partial charge in [0.15, 0.2) is 0 Å². The topological polar surface area (TPSA) is 133 Å². The predicted molar refractivity (Wildman–Crippen MR) is 90.4 cm³/mol. The summed E-state index contributed by atoms with van der Waals surface area (Å²) in [5.74, 6) is -2.67. The van der Waals surface area contributed by atoms with Crippen molar-refractivity contribution in [2.24, 2.45) is 0 Å². The summed E-state index contributed by atoms with van der Waals surface area (Å²) in [7, 11) is 0. The van der Waals surface area contributed by atoms with Crippen LogP contribution in [-0.4, -0.2) is 39.7 Å². The minimum Gasteiger partial charge on any atom is -0.507 e. The number of aliphatic carboxylic acids is 1. The van der Waals surface area contributed by atoms with E-state index in [0.29, 0.717) is 5.56 Å². The lowest BCUT2D eigenvalue weighted by molar-refractivity contribution is -0.136. The van der Waals surface area contributed by atoms with Gasteiger partial charge in [-0.1, -0.05) is 12.1 Å². The van der Waals surface area contributed by atoms with Crippen molar-refractivity contribution in [1.82, 2.24) is 5.32 Å². The highest BCUT2D eigenvalue weighted by Gasteiger charge is 2.11. The van der Waals surface area contributed by atoms with E-state index in [1.165, 1.54) is 18.2 Å². The van der Waals surface area contributed by atoms with Crippen LogP contribution in [0.1, 0.15) is 32.7 Å². The minimum atomic E-state index is -1.26. The summed E-state index contributed by atoms with van der Waals surface area (Å²) in [6.07, 6.45) is -0.150. The summed E-state index contributed by atoms with van der Waals surface area (Å²) in [4.78, 5) is 33.2. The van der Waals surface area contributed by atoms with Gasteiger partial charge in [-0.15, -0.1) is 0 Å². The highest BCUT2D eigenvalue weighted by molar-refractivity contribution is 5.94. The lowest BCUT2D eigenvalue weighted by Gasteiger charge is -2.09. The normalized spacial score (nSPS) is 10.2. The van der Waals surface area contributed by atoms with Gasteiger partial charge < -0.3 is 25.4 Å². The second kappa shape index (κ2) is 8.52. The Morgan fingerprint density at radius 1 is 1.00 bits per heavy atom. The molecule has 26 heavy (non-hydrogen) atoms. The number of hydrogen-bond acceptors (Lipinski definition) is 5. The quantitative estimate of drug-likeness (QED) is 0.565. The SMILES string of the molecule is O=C(O)CCNC(=O)c1ccc(COc2ccc(O)c(C(=O)O)c2)cc1. The molecule has 0 unspecified atom stereocenters. The second-order valence-corrected chi connectivity index (χ2v) is 5.37. The van der Waals surface area contributed by atoms with Gasteiger partial charge in [0.25, 0.3) is 5.91 Å². The molecular weight excluding hydrogens is 342 g/mol. The fourth-order valence-electron chi connectivity index (χ4n) is 2.08. The van der Waals surface area contributed by atoms with E-state index < -0.39 is 11.9 Å². The summed E-state index contributed by atoms with van der Waals surface area (Å²) < 4.78 is 5.49. The maximum absolute atomic E-state index is 11.8. The number of hydrogen-bond donors (Lipinski definition) is 4. The number of aromatic carboxylic acids is 1. The third-order valence-electron chi connectivity index (χ3n) is 3.44. The number of ether oxygens (including phenoxy) is 1. The van der Waals surface area contributed by atoms with Crippen molar-refractivity contribution in [2.75, 3.05) is 6.54 Å². The molecule has 2 aromatic carbocycles. The first kappa shape index (κ1) is 18.8. The molecule has 0 atom stereocenters. The summed E-state index contributed by atoms with van der Waals surface area (Å²) in [6, 6.07) is 10.4. The minimum absolute atomic E-state index is 0.0474. The number of amides is 1. The Morgan fingerprint density at radius 2 is 1.69 bits per heavy atom. The number of rotatable bonds is 8. The van der Waals surface area contributed by atoms with Crippen molar-refractivity contribution >= 4 is 17.8 Å². The average Bonchev–Trinajstić information content (AvgIpc) is 2.60. The molecule has 0 fully saturated rings. The summed E-state index contributed by atoms with van der Waals surface area (Å²) in [5, 5.41) is 29.5. The third kappa shape index (κ3) is 5.23. The number of phenols is 1. The van der Waals surface area contributed by atoms with Crippen molar-refractivity contribution in [3.05, 3.63) is 59.2 Å². The first-order valence-corrected chi connectivity index (χ1v) is 7.65. The molecule has 2 rings (SSSR count). The lowest BCUT2D eigenvalue weighted by atomic mass is 10.1. The van der Waals surface area contributed by atoms with E-state index in [4.69, 9.17) is 14.9 Å². The first-order valence-electron chi connectivity index (χ1n) is 7.65. The van der Waals surface area contributed by atoms with Gasteiger partial charge in [-0.25, -0.2) is 4.79 Å². The van der Waals surface area contributed by atoms with Crippen LogP contribution in [0.4, 0.5) is 0 Å². The van der Waals surface area contributed by atoms with Crippen LogP contribution < -0.4 is 10.1 Å². The Balaban J connectivity index is 1.93. The zero-order chi connectivity index (χ0) is 19.1. The van der Waals surface area contributed by atoms with Crippen LogP contribution in [0.3, 0.4) is 0 Å². The molecule has 2 aromatic rings. The van der Waals surface area contributed by atoms with Gasteiger partial charge in [0.05, 0.1) is 6.42 Å². The van der Waals surface area contributed by atoms with Gasteiger partial charge in [0.1, 0.15) is 23.7 Å². The maximum Gasteiger partial charge on any atom is 0.339 e. The number of carboxylic acids is 2. The van der Waals surface area contributed by atoms with Crippen LogP contribution in [0.25, 0.3) is 0 Å². The maximum atomic E-state index is 11.8. The molecule has 136 valence electrons. The van der Waals surface area contributed by atoms with Crippen LogP contribution in [-0.2, 0) is 11.4 Å². The molecule has 0 saturated carbocycles. The second-order valence-electron chi connectivity index (χ2n) is 5.37. The van der Waals surface area contributed by atoms with Gasteiger partial charge in [-0.05, 0) is 35.9 Å². The van der Waals surface area contributed by atoms with Gasteiger partial charge in [-0.3, -0.25) is 9.59 Å². The smallest absolute Gasteiger partial charge is 0.339 e. The molecular formula is C18H17NO7. The van der Waals surface area contributed by atoms with Crippen LogP contribution in [0, 0.1) is 0 Å². The number of benzene rings is 2. The van der Waals surface area contributed by atoms with Crippen molar-refractivity contribution in [3.63, 3.8) is 0 Å². The molecule has 0 aromatic heterocycles. The Bertz CT molecular complexity index is 815. The van der Waals surface area contributed by atoms with E-state index in [1.54, 1.807) is 24.3 Å². The Labute approximate surface area is 148 Å². The van der Waals surface area contributed by atoms with Gasteiger partial charge in [-0.2, -0.15) is 0 Å². The van der Waals surface area contributed by atoms with Crippen molar-refractivity contribution < 1.29 is 34.4 Å². The number of carboxylic acid groups (broad SMARTS) is 2. The average molecular weight is 359 g/mol. The van der Waals surface area contributed by atoms with Gasteiger partial charge >= 0.3 is 11.9 Å². The molecule has 0 aliphatic rings. The van der Waals surface area contributed by atoms with E-state index >= 15 is 0 Å². The van der Waals surface area contributed by atoms with Crippen LogP contribution >= 0.6 is 0 Å². The molecule has 0 bridgehead atoms. The molecule has 0 saturated heterocycles. The Hall–Kier alpha value is -3.55. The lowest BCUT2D eigenvalue weighted by Crippen LogP contribution is -2.25. The van der Waals surface area contributed by atoms with Crippen LogP contribution in [0.15, 0.2) is 42.5 Å². The fourth-order valence-corrected chi connectivity index (χ4v) is 2.08. The van der Waals surface area contributed by atoms with Crippen molar-refractivity contribution in [3.8, 4) is 11.5 Å². The summed E-state index contributed by atoms with van der Waals surface area (Å²) in [5.41, 5.74) is 0.879. The molecule has 0 spiro atoms.